The second-order valence-corrected chi connectivity index (χ2v) is 6.72. The van der Waals surface area contributed by atoms with E-state index in [0.717, 1.165) is 37.0 Å². The average Bonchev–Trinajstić information content (AvgIpc) is 3.11. The van der Waals surface area contributed by atoms with E-state index < -0.39 is 5.41 Å². The van der Waals surface area contributed by atoms with Gasteiger partial charge in [-0.15, -0.1) is 0 Å². The summed E-state index contributed by atoms with van der Waals surface area (Å²) in [7, 11) is 0. The predicted octanol–water partition coefficient (Wildman–Crippen LogP) is 1.23. The average molecular weight is 330 g/mol. The number of ether oxygens (including phenoxy) is 2. The lowest BCUT2D eigenvalue weighted by molar-refractivity contribution is -0.142. The number of fused-ring (bicyclic) bond motifs is 1. The molecule has 2 heterocycles. The van der Waals surface area contributed by atoms with Gasteiger partial charge in [-0.1, -0.05) is 18.9 Å². The van der Waals surface area contributed by atoms with Gasteiger partial charge >= 0.3 is 0 Å². The van der Waals surface area contributed by atoms with Crippen molar-refractivity contribution in [3.63, 3.8) is 0 Å². The molecule has 3 aliphatic rings. The Bertz CT molecular complexity index is 667. The van der Waals surface area contributed by atoms with Crippen molar-refractivity contribution in [3.8, 4) is 11.5 Å². The number of piperazine rings is 1. The zero-order valence-electron chi connectivity index (χ0n) is 13.7. The fourth-order valence-electron chi connectivity index (χ4n) is 4.06. The summed E-state index contributed by atoms with van der Waals surface area (Å²) in [6.45, 7) is 2.35. The number of nitrogens with zero attached hydrogens (tertiary/aromatic N) is 1. The van der Waals surface area contributed by atoms with Crippen LogP contribution in [0.2, 0.25) is 0 Å². The SMILES string of the molecule is O=C1CN(C(=O)C2(c3ccc4c(c3)OCCO4)CCCC2)CCN1. The van der Waals surface area contributed by atoms with Crippen LogP contribution in [0.5, 0.6) is 11.5 Å². The summed E-state index contributed by atoms with van der Waals surface area (Å²) in [4.78, 5) is 26.7. The van der Waals surface area contributed by atoms with Gasteiger partial charge in [0, 0.05) is 13.1 Å². The highest BCUT2D eigenvalue weighted by atomic mass is 16.6. The van der Waals surface area contributed by atoms with Crippen LogP contribution in [-0.2, 0) is 15.0 Å². The summed E-state index contributed by atoms with van der Waals surface area (Å²) in [5.41, 5.74) is 0.452. The van der Waals surface area contributed by atoms with E-state index in [9.17, 15) is 9.59 Å². The molecule has 1 N–H and O–H groups in total. The Balaban J connectivity index is 1.68. The fourth-order valence-corrected chi connectivity index (χ4v) is 4.06. The lowest BCUT2D eigenvalue weighted by atomic mass is 9.77. The van der Waals surface area contributed by atoms with E-state index in [1.807, 2.05) is 18.2 Å². The first-order valence-corrected chi connectivity index (χ1v) is 8.65. The topological polar surface area (TPSA) is 67.9 Å². The molecule has 1 aromatic carbocycles. The van der Waals surface area contributed by atoms with Gasteiger partial charge < -0.3 is 19.7 Å². The molecular formula is C18H22N2O4. The largest absolute Gasteiger partial charge is 0.486 e. The molecule has 0 unspecified atom stereocenters. The summed E-state index contributed by atoms with van der Waals surface area (Å²) in [6, 6.07) is 5.85. The molecular weight excluding hydrogens is 308 g/mol. The molecule has 1 aliphatic carbocycles. The van der Waals surface area contributed by atoms with Crippen molar-refractivity contribution in [3.05, 3.63) is 23.8 Å². The molecule has 1 saturated carbocycles. The molecule has 0 spiro atoms. The molecule has 6 nitrogen and oxygen atoms in total. The molecule has 128 valence electrons. The number of nitrogens with one attached hydrogen (secondary N) is 1. The monoisotopic (exact) mass is 330 g/mol. The Kier molecular flexibility index (Phi) is 3.82. The number of amides is 2. The van der Waals surface area contributed by atoms with Crippen molar-refractivity contribution in [2.24, 2.45) is 0 Å². The van der Waals surface area contributed by atoms with Gasteiger partial charge in [-0.25, -0.2) is 0 Å². The van der Waals surface area contributed by atoms with Crippen LogP contribution in [0.15, 0.2) is 18.2 Å². The number of carbonyl (C=O) groups is 2. The summed E-state index contributed by atoms with van der Waals surface area (Å²) in [5.74, 6) is 1.45. The molecule has 6 heteroatoms. The van der Waals surface area contributed by atoms with Gasteiger partial charge in [-0.05, 0) is 30.5 Å². The molecule has 0 bridgehead atoms. The van der Waals surface area contributed by atoms with Crippen LogP contribution in [0.1, 0.15) is 31.2 Å². The lowest BCUT2D eigenvalue weighted by Gasteiger charge is -2.37. The van der Waals surface area contributed by atoms with Gasteiger partial charge in [0.2, 0.25) is 11.8 Å². The van der Waals surface area contributed by atoms with E-state index >= 15 is 0 Å². The lowest BCUT2D eigenvalue weighted by Crippen LogP contribution is -2.55. The molecule has 4 rings (SSSR count). The number of hydrogen-bond donors (Lipinski definition) is 1. The molecule has 24 heavy (non-hydrogen) atoms. The van der Waals surface area contributed by atoms with Crippen LogP contribution in [0.25, 0.3) is 0 Å². The zero-order chi connectivity index (χ0) is 16.6. The van der Waals surface area contributed by atoms with Crippen LogP contribution in [0, 0.1) is 0 Å². The van der Waals surface area contributed by atoms with Gasteiger partial charge in [0.15, 0.2) is 11.5 Å². The minimum Gasteiger partial charge on any atom is -0.486 e. The molecule has 2 fully saturated rings. The van der Waals surface area contributed by atoms with Crippen molar-refractivity contribution in [2.45, 2.75) is 31.1 Å². The van der Waals surface area contributed by atoms with Crippen LogP contribution in [0.4, 0.5) is 0 Å². The Morgan fingerprint density at radius 1 is 1.12 bits per heavy atom. The van der Waals surface area contributed by atoms with Crippen molar-refractivity contribution in [1.29, 1.82) is 0 Å². The molecule has 0 radical (unpaired) electrons. The van der Waals surface area contributed by atoms with E-state index in [-0.39, 0.29) is 18.4 Å². The molecule has 2 aliphatic heterocycles. The summed E-state index contributed by atoms with van der Waals surface area (Å²) in [5, 5.41) is 2.78. The van der Waals surface area contributed by atoms with Crippen molar-refractivity contribution in [2.75, 3.05) is 32.8 Å². The highest BCUT2D eigenvalue weighted by Gasteiger charge is 2.46. The standard InChI is InChI=1S/C18H22N2O4/c21-16-12-20(8-7-19-16)17(22)18(5-1-2-6-18)13-3-4-14-15(11-13)24-10-9-23-14/h3-4,11H,1-2,5-10,12H2,(H,19,21). The van der Waals surface area contributed by atoms with Crippen LogP contribution in [0.3, 0.4) is 0 Å². The summed E-state index contributed by atoms with van der Waals surface area (Å²) < 4.78 is 11.3. The van der Waals surface area contributed by atoms with Gasteiger partial charge in [-0.3, -0.25) is 9.59 Å². The highest BCUT2D eigenvalue weighted by Crippen LogP contribution is 2.45. The molecule has 2 amide bonds. The third-order valence-corrected chi connectivity index (χ3v) is 5.29. The van der Waals surface area contributed by atoms with E-state index in [2.05, 4.69) is 5.32 Å². The smallest absolute Gasteiger partial charge is 0.239 e. The van der Waals surface area contributed by atoms with Gasteiger partial charge in [-0.2, -0.15) is 0 Å². The maximum Gasteiger partial charge on any atom is 0.239 e. The number of hydrogen-bond acceptors (Lipinski definition) is 4. The first kappa shape index (κ1) is 15.3. The maximum absolute atomic E-state index is 13.3. The predicted molar refractivity (Wildman–Crippen MR) is 87.2 cm³/mol. The van der Waals surface area contributed by atoms with Gasteiger partial charge in [0.05, 0.1) is 12.0 Å². The summed E-state index contributed by atoms with van der Waals surface area (Å²) in [6.07, 6.45) is 3.70. The summed E-state index contributed by atoms with van der Waals surface area (Å²) >= 11 is 0. The Hall–Kier alpha value is -2.24. The third kappa shape index (κ3) is 2.50. The second-order valence-electron chi connectivity index (χ2n) is 6.72. The molecule has 1 saturated heterocycles. The van der Waals surface area contributed by atoms with Crippen LogP contribution in [-0.4, -0.2) is 49.6 Å². The second kappa shape index (κ2) is 6.00. The van der Waals surface area contributed by atoms with E-state index in [1.165, 1.54) is 0 Å². The Morgan fingerprint density at radius 3 is 2.62 bits per heavy atom. The zero-order valence-corrected chi connectivity index (χ0v) is 13.7. The molecule has 0 aromatic heterocycles. The van der Waals surface area contributed by atoms with Crippen LogP contribution < -0.4 is 14.8 Å². The van der Waals surface area contributed by atoms with E-state index in [1.54, 1.807) is 4.90 Å². The van der Waals surface area contributed by atoms with Crippen molar-refractivity contribution in [1.82, 2.24) is 10.2 Å². The number of rotatable bonds is 2. The minimum absolute atomic E-state index is 0.0755. The fraction of sp³-hybridized carbons (Fsp3) is 0.556. The number of carbonyl (C=O) groups excluding carboxylic acids is 2. The quantitative estimate of drug-likeness (QED) is 0.886. The van der Waals surface area contributed by atoms with Crippen molar-refractivity contribution < 1.29 is 19.1 Å². The van der Waals surface area contributed by atoms with Gasteiger partial charge in [0.25, 0.3) is 0 Å². The first-order valence-electron chi connectivity index (χ1n) is 8.65. The normalized spacial score (nSPS) is 22.2. The minimum atomic E-state index is -0.534. The Morgan fingerprint density at radius 2 is 1.88 bits per heavy atom. The Labute approximate surface area is 141 Å². The molecule has 0 atom stereocenters. The highest BCUT2D eigenvalue weighted by molar-refractivity contribution is 5.92. The number of benzene rings is 1. The van der Waals surface area contributed by atoms with E-state index in [4.69, 9.17) is 9.47 Å². The molecule has 1 aromatic rings. The first-order chi connectivity index (χ1) is 11.7. The van der Waals surface area contributed by atoms with E-state index in [0.29, 0.717) is 32.1 Å². The van der Waals surface area contributed by atoms with Gasteiger partial charge in [0.1, 0.15) is 13.2 Å². The van der Waals surface area contributed by atoms with Crippen molar-refractivity contribution >= 4 is 11.8 Å². The third-order valence-electron chi connectivity index (χ3n) is 5.29. The maximum atomic E-state index is 13.3. The van der Waals surface area contributed by atoms with Crippen LogP contribution >= 0.6 is 0 Å².